The van der Waals surface area contributed by atoms with Crippen LogP contribution in [0.4, 0.5) is 8.78 Å². The van der Waals surface area contributed by atoms with Crippen LogP contribution in [-0.4, -0.2) is 11.5 Å². The molecule has 0 saturated heterocycles. The highest BCUT2D eigenvalue weighted by molar-refractivity contribution is 9.10. The number of benzene rings is 1. The van der Waals surface area contributed by atoms with E-state index in [1.54, 1.807) is 6.07 Å². The van der Waals surface area contributed by atoms with Crippen LogP contribution in [-0.2, 0) is 0 Å². The largest absolute Gasteiger partial charge is 0.506 e. The minimum absolute atomic E-state index is 0. The fourth-order valence-electron chi connectivity index (χ4n) is 1.07. The van der Waals surface area contributed by atoms with Crippen molar-refractivity contribution >= 4 is 28.3 Å². The van der Waals surface area contributed by atoms with Crippen LogP contribution in [0.5, 0.6) is 5.75 Å². The molecular weight excluding hydrogens is 305 g/mol. The molecule has 0 spiro atoms. The molecule has 3 N–H and O–H groups in total. The van der Waals surface area contributed by atoms with E-state index in [-0.39, 0.29) is 33.8 Å². The number of phenolic OH excluding ortho intramolecular Hbond substituents is 1. The Morgan fingerprint density at radius 3 is 2.44 bits per heavy atom. The van der Waals surface area contributed by atoms with Gasteiger partial charge < -0.3 is 10.8 Å². The van der Waals surface area contributed by atoms with Gasteiger partial charge in [-0.1, -0.05) is 0 Å². The molecule has 0 radical (unpaired) electrons. The number of halogens is 4. The van der Waals surface area contributed by atoms with Crippen LogP contribution in [0.2, 0.25) is 0 Å². The van der Waals surface area contributed by atoms with Gasteiger partial charge in [-0.2, -0.15) is 5.26 Å². The van der Waals surface area contributed by atoms with Crippen molar-refractivity contribution < 1.29 is 13.9 Å². The second-order valence-electron chi connectivity index (χ2n) is 2.87. The van der Waals surface area contributed by atoms with Crippen LogP contribution in [0, 0.1) is 11.3 Å². The summed E-state index contributed by atoms with van der Waals surface area (Å²) in [5.74, 6) is -0.359. The molecular formula is C9H8BrClF2N2O. The van der Waals surface area contributed by atoms with Crippen LogP contribution >= 0.6 is 28.3 Å². The molecule has 3 nitrogen and oxygen atoms in total. The zero-order valence-corrected chi connectivity index (χ0v) is 10.2. The molecule has 88 valence electrons. The van der Waals surface area contributed by atoms with Gasteiger partial charge in [-0.15, -0.1) is 12.4 Å². The summed E-state index contributed by atoms with van der Waals surface area (Å²) in [5.41, 5.74) is 5.21. The van der Waals surface area contributed by atoms with Crippen molar-refractivity contribution in [1.29, 1.82) is 5.26 Å². The Kier molecular flexibility index (Phi) is 5.65. The van der Waals surface area contributed by atoms with Gasteiger partial charge in [0.05, 0.1) is 22.1 Å². The Labute approximate surface area is 105 Å². The molecule has 0 amide bonds. The highest BCUT2D eigenvalue weighted by Crippen LogP contribution is 2.34. The van der Waals surface area contributed by atoms with Gasteiger partial charge in [-0.3, -0.25) is 0 Å². The first kappa shape index (κ1) is 15.1. The monoisotopic (exact) mass is 312 g/mol. The molecule has 0 aromatic heterocycles. The number of rotatable bonds is 2. The molecule has 0 fully saturated rings. The molecule has 0 aliphatic heterocycles. The maximum Gasteiger partial charge on any atom is 0.257 e. The Bertz CT molecular complexity index is 423. The average Bonchev–Trinajstić information content (AvgIpc) is 2.20. The molecule has 0 aliphatic carbocycles. The molecule has 1 aromatic carbocycles. The molecule has 0 bridgehead atoms. The second kappa shape index (κ2) is 5.99. The third-order valence-electron chi connectivity index (χ3n) is 1.85. The minimum Gasteiger partial charge on any atom is -0.506 e. The van der Waals surface area contributed by atoms with Crippen molar-refractivity contribution in [3.8, 4) is 11.8 Å². The fraction of sp³-hybridized carbons (Fsp3) is 0.222. The molecule has 0 saturated carbocycles. The van der Waals surface area contributed by atoms with Crippen molar-refractivity contribution in [2.75, 3.05) is 0 Å². The number of nitriles is 1. The third-order valence-corrected chi connectivity index (χ3v) is 2.46. The Balaban J connectivity index is 0.00000225. The number of hydrogen-bond donors (Lipinski definition) is 2. The standard InChI is InChI=1S/C9H7BrF2N2O.ClH/c10-6-2-4(3-13)1-5(8(6)15)7(14)9(11)12;/h1-2,7,9,15H,14H2;1H/t7-;/m0./s1. The van der Waals surface area contributed by atoms with Crippen LogP contribution in [0.1, 0.15) is 17.2 Å². The number of hydrogen-bond acceptors (Lipinski definition) is 3. The van der Waals surface area contributed by atoms with Gasteiger partial charge in [0.25, 0.3) is 6.43 Å². The Morgan fingerprint density at radius 2 is 2.00 bits per heavy atom. The highest BCUT2D eigenvalue weighted by atomic mass is 79.9. The second-order valence-corrected chi connectivity index (χ2v) is 3.72. The zero-order valence-electron chi connectivity index (χ0n) is 7.82. The van der Waals surface area contributed by atoms with Gasteiger partial charge >= 0.3 is 0 Å². The minimum atomic E-state index is -2.79. The zero-order chi connectivity index (χ0) is 11.6. The van der Waals surface area contributed by atoms with E-state index in [0.717, 1.165) is 6.07 Å². The maximum absolute atomic E-state index is 12.3. The van der Waals surface area contributed by atoms with E-state index >= 15 is 0 Å². The SMILES string of the molecule is Cl.N#Cc1cc(Br)c(O)c([C@H](N)C(F)F)c1. The van der Waals surface area contributed by atoms with Crippen LogP contribution in [0.25, 0.3) is 0 Å². The quantitative estimate of drug-likeness (QED) is 0.882. The molecule has 1 atom stereocenters. The molecule has 1 rings (SSSR count). The molecule has 7 heteroatoms. The van der Waals surface area contributed by atoms with E-state index in [1.165, 1.54) is 6.07 Å². The summed E-state index contributed by atoms with van der Waals surface area (Å²) in [6.45, 7) is 0. The predicted octanol–water partition coefficient (Wildman–Crippen LogP) is 2.71. The topological polar surface area (TPSA) is 70.0 Å². The maximum atomic E-state index is 12.3. The van der Waals surface area contributed by atoms with Gasteiger partial charge in [-0.25, -0.2) is 8.78 Å². The normalized spacial score (nSPS) is 11.8. The van der Waals surface area contributed by atoms with Crippen LogP contribution < -0.4 is 5.73 Å². The molecule has 0 aliphatic rings. The van der Waals surface area contributed by atoms with E-state index in [0.29, 0.717) is 0 Å². The van der Waals surface area contributed by atoms with Crippen LogP contribution in [0.3, 0.4) is 0 Å². The Hall–Kier alpha value is -0.900. The van der Waals surface area contributed by atoms with E-state index < -0.39 is 12.5 Å². The molecule has 16 heavy (non-hydrogen) atoms. The van der Waals surface area contributed by atoms with Gasteiger partial charge in [0, 0.05) is 5.56 Å². The van der Waals surface area contributed by atoms with Crippen molar-refractivity contribution in [1.82, 2.24) is 0 Å². The lowest BCUT2D eigenvalue weighted by Crippen LogP contribution is -2.19. The predicted molar refractivity (Wildman–Crippen MR) is 60.7 cm³/mol. The summed E-state index contributed by atoms with van der Waals surface area (Å²) in [7, 11) is 0. The molecule has 0 heterocycles. The first-order valence-electron chi connectivity index (χ1n) is 3.93. The fourth-order valence-corrected chi connectivity index (χ4v) is 1.55. The highest BCUT2D eigenvalue weighted by Gasteiger charge is 2.22. The lowest BCUT2D eigenvalue weighted by molar-refractivity contribution is 0.115. The molecule has 0 unspecified atom stereocenters. The number of nitrogens with zero attached hydrogens (tertiary/aromatic N) is 1. The summed E-state index contributed by atoms with van der Waals surface area (Å²) < 4.78 is 24.8. The first-order chi connectivity index (χ1) is 6.97. The number of aromatic hydroxyl groups is 1. The number of phenols is 1. The van der Waals surface area contributed by atoms with Crippen molar-refractivity contribution in [3.63, 3.8) is 0 Å². The van der Waals surface area contributed by atoms with Gasteiger partial charge in [0.2, 0.25) is 0 Å². The lowest BCUT2D eigenvalue weighted by atomic mass is 10.0. The Morgan fingerprint density at radius 1 is 1.44 bits per heavy atom. The van der Waals surface area contributed by atoms with E-state index in [1.807, 2.05) is 0 Å². The number of nitrogens with two attached hydrogens (primary N) is 1. The summed E-state index contributed by atoms with van der Waals surface area (Å²) in [4.78, 5) is 0. The van der Waals surface area contributed by atoms with Gasteiger partial charge in [0.15, 0.2) is 0 Å². The van der Waals surface area contributed by atoms with E-state index in [2.05, 4.69) is 15.9 Å². The lowest BCUT2D eigenvalue weighted by Gasteiger charge is -2.13. The van der Waals surface area contributed by atoms with E-state index in [4.69, 9.17) is 11.0 Å². The summed E-state index contributed by atoms with van der Waals surface area (Å²) in [6, 6.07) is 2.67. The van der Waals surface area contributed by atoms with Crippen molar-refractivity contribution in [2.24, 2.45) is 5.73 Å². The molecule has 1 aromatic rings. The first-order valence-corrected chi connectivity index (χ1v) is 4.73. The van der Waals surface area contributed by atoms with Crippen LogP contribution in [0.15, 0.2) is 16.6 Å². The average molecular weight is 314 g/mol. The van der Waals surface area contributed by atoms with Gasteiger partial charge in [0.1, 0.15) is 5.75 Å². The summed E-state index contributed by atoms with van der Waals surface area (Å²) >= 11 is 2.95. The van der Waals surface area contributed by atoms with E-state index in [9.17, 15) is 13.9 Å². The summed E-state index contributed by atoms with van der Waals surface area (Å²) in [6.07, 6.45) is -2.79. The third kappa shape index (κ3) is 3.04. The number of alkyl halides is 2. The summed E-state index contributed by atoms with van der Waals surface area (Å²) in [5, 5.41) is 18.1. The van der Waals surface area contributed by atoms with Crippen molar-refractivity contribution in [3.05, 3.63) is 27.7 Å². The smallest absolute Gasteiger partial charge is 0.257 e. The van der Waals surface area contributed by atoms with Crippen molar-refractivity contribution in [2.45, 2.75) is 12.5 Å². The van der Waals surface area contributed by atoms with Gasteiger partial charge in [-0.05, 0) is 28.1 Å².